The Labute approximate surface area is 440 Å². The molecule has 9 rings (SSSR count). The van der Waals surface area contributed by atoms with Crippen LogP contribution in [0.3, 0.4) is 0 Å². The zero-order valence-electron chi connectivity index (χ0n) is 45.6. The van der Waals surface area contributed by atoms with E-state index in [0.717, 1.165) is 66.9 Å². The van der Waals surface area contributed by atoms with Crippen molar-refractivity contribution in [2.45, 2.75) is 118 Å². The van der Waals surface area contributed by atoms with Crippen LogP contribution in [-0.2, 0) is 37.3 Å². The van der Waals surface area contributed by atoms with Crippen LogP contribution in [0, 0.1) is 6.07 Å². The topological polar surface area (TPSA) is 50.9 Å². The van der Waals surface area contributed by atoms with Gasteiger partial charge in [0.05, 0.1) is 22.3 Å². The van der Waals surface area contributed by atoms with Crippen LogP contribution < -0.4 is 0 Å². The predicted octanol–water partition coefficient (Wildman–Crippen LogP) is 18.1. The molecule has 4 nitrogen and oxygen atoms in total. The summed E-state index contributed by atoms with van der Waals surface area (Å²) in [5.74, 6) is -1.71. The molecule has 0 bridgehead atoms. The number of hydrogen-bond donors (Lipinski definition) is 1. The molecular formula is C66H68N3OPt-. The summed E-state index contributed by atoms with van der Waals surface area (Å²) < 4.78 is 20.7. The summed E-state index contributed by atoms with van der Waals surface area (Å²) in [4.78, 5) is 10.6. The number of imidazole rings is 1. The number of benzene rings is 7. The first-order valence-corrected chi connectivity index (χ1v) is 24.6. The van der Waals surface area contributed by atoms with Gasteiger partial charge in [-0.3, -0.25) is 9.55 Å². The van der Waals surface area contributed by atoms with Crippen LogP contribution in [-0.4, -0.2) is 19.6 Å². The third-order valence-corrected chi connectivity index (χ3v) is 13.7. The fourth-order valence-corrected chi connectivity index (χ4v) is 9.32. The van der Waals surface area contributed by atoms with Crippen LogP contribution in [0.5, 0.6) is 5.75 Å². The summed E-state index contributed by atoms with van der Waals surface area (Å²) in [5.41, 5.74) is 17.3. The molecule has 0 atom stereocenters. The molecule has 7 aromatic carbocycles. The maximum atomic E-state index is 12.5. The molecule has 364 valence electrons. The van der Waals surface area contributed by atoms with Crippen LogP contribution in [0.2, 0.25) is 0 Å². The molecule has 2 heterocycles. The van der Waals surface area contributed by atoms with Crippen molar-refractivity contribution >= 4 is 11.0 Å². The molecule has 2 aromatic heterocycles. The van der Waals surface area contributed by atoms with Crippen molar-refractivity contribution < 1.29 is 28.9 Å². The summed E-state index contributed by atoms with van der Waals surface area (Å²) in [6, 6.07) is 57.2. The molecule has 0 saturated heterocycles. The number of hydrogen-bond acceptors (Lipinski definition) is 3. The molecule has 0 aliphatic heterocycles. The molecule has 71 heavy (non-hydrogen) atoms. The number of aromatic hydroxyl groups is 1. The van der Waals surface area contributed by atoms with Gasteiger partial charge in [0.2, 0.25) is 0 Å². The van der Waals surface area contributed by atoms with Crippen LogP contribution in [0.4, 0.5) is 0 Å². The largest absolute Gasteiger partial charge is 0.507 e. The van der Waals surface area contributed by atoms with E-state index in [1.807, 2.05) is 38.2 Å². The Balaban J connectivity index is 0.00000711. The zero-order chi connectivity index (χ0) is 51.7. The fourth-order valence-electron chi connectivity index (χ4n) is 9.32. The monoisotopic (exact) mass is 1120 g/mol. The van der Waals surface area contributed by atoms with Crippen LogP contribution in [0.15, 0.2) is 158 Å². The van der Waals surface area contributed by atoms with E-state index in [1.54, 1.807) is 13.8 Å². The number of para-hydroxylation sites is 1. The Morgan fingerprint density at radius 2 is 1.11 bits per heavy atom. The van der Waals surface area contributed by atoms with Crippen molar-refractivity contribution in [3.05, 3.63) is 192 Å². The van der Waals surface area contributed by atoms with Gasteiger partial charge in [-0.15, -0.1) is 29.3 Å². The first-order chi connectivity index (χ1) is 33.8. The number of aromatic nitrogens is 3. The summed E-state index contributed by atoms with van der Waals surface area (Å²) in [6.45, 7) is 27.3. The maximum absolute atomic E-state index is 12.5. The molecule has 0 saturated carbocycles. The van der Waals surface area contributed by atoms with Crippen LogP contribution >= 0.6 is 0 Å². The van der Waals surface area contributed by atoms with Gasteiger partial charge >= 0.3 is 0 Å². The Morgan fingerprint density at radius 3 is 1.73 bits per heavy atom. The van der Waals surface area contributed by atoms with Gasteiger partial charge in [-0.2, -0.15) is 0 Å². The third-order valence-electron chi connectivity index (χ3n) is 13.7. The number of phenolic OH excluding ortho intramolecular Hbond substituents is 1. The summed E-state index contributed by atoms with van der Waals surface area (Å²) in [5, 5.41) is 12.5. The van der Waals surface area contributed by atoms with Gasteiger partial charge in [0.1, 0.15) is 11.6 Å². The number of rotatable bonds is 9. The molecule has 0 aliphatic rings. The summed E-state index contributed by atoms with van der Waals surface area (Å²) in [7, 11) is 0. The molecule has 0 aliphatic carbocycles. The van der Waals surface area contributed by atoms with Gasteiger partial charge in [0.25, 0.3) is 0 Å². The van der Waals surface area contributed by atoms with E-state index in [9.17, 15) is 7.85 Å². The molecule has 9 aromatic rings. The average molecular weight is 1120 g/mol. The molecular weight excluding hydrogens is 1050 g/mol. The van der Waals surface area contributed by atoms with Crippen molar-refractivity contribution in [3.63, 3.8) is 0 Å². The third kappa shape index (κ3) is 10.4. The van der Waals surface area contributed by atoms with E-state index in [0.29, 0.717) is 22.5 Å². The molecule has 1 N–H and O–H groups in total. The van der Waals surface area contributed by atoms with Crippen molar-refractivity contribution in [2.75, 3.05) is 0 Å². The van der Waals surface area contributed by atoms with Gasteiger partial charge in [-0.05, 0) is 108 Å². The molecule has 0 fully saturated rings. The quantitative estimate of drug-likeness (QED) is 0.147. The second-order valence-electron chi connectivity index (χ2n) is 22.5. The van der Waals surface area contributed by atoms with Crippen molar-refractivity contribution in [2.24, 2.45) is 0 Å². The van der Waals surface area contributed by atoms with E-state index in [4.69, 9.17) is 9.97 Å². The number of pyridine rings is 1. The SMILES string of the molecule is [2H]C(C)(C)c1cc(-c2nc3c(-c4[c-]c(-c5cc(-c6ccc(-c7ccccc7)cc6)ccn5)cc(C(C)(C)C)c4)cccc3n2-c2ccc(C(C)(C)C)cc2-c2ccc(C(C)(C)C)cc2)c(O)c(C([2H])(C)C)c1.[Pt]. The first kappa shape index (κ1) is 48.3. The van der Waals surface area contributed by atoms with Crippen molar-refractivity contribution in [3.8, 4) is 78.6 Å². The van der Waals surface area contributed by atoms with Gasteiger partial charge in [0, 0.05) is 41.3 Å². The standard InChI is InChI=1S/C66H68N3O.Pt/c1-41(2)48-37-55(42(3)4)62(70)57(38-48)63-68-61-54(20-17-21-60(61)69(63)59-31-30-52(65(8,9)10)40-56(59)46-26-28-51(29-27-46)64(5,6)7)49-34-50(36-53(35-49)66(11,12)13)58-39-47(32-33-67-58)45-24-22-44(23-25-45)43-18-15-14-16-19-43;/h14-33,35-42,70H,1-13H3;/q-1;/i41D,42D;. The Kier molecular flexibility index (Phi) is 13.4. The van der Waals surface area contributed by atoms with Gasteiger partial charge < -0.3 is 5.11 Å². The first-order valence-electron chi connectivity index (χ1n) is 25.6. The molecule has 0 unspecified atom stereocenters. The van der Waals surface area contributed by atoms with Gasteiger partial charge in [-0.1, -0.05) is 210 Å². The molecule has 0 radical (unpaired) electrons. The van der Waals surface area contributed by atoms with E-state index in [1.165, 1.54) is 22.3 Å². The molecule has 0 amide bonds. The van der Waals surface area contributed by atoms with Gasteiger partial charge in [-0.25, -0.2) is 4.98 Å². The average Bonchev–Trinajstić information content (AvgIpc) is 3.72. The minimum absolute atomic E-state index is 0. The zero-order valence-corrected chi connectivity index (χ0v) is 45.9. The van der Waals surface area contributed by atoms with E-state index >= 15 is 0 Å². The second kappa shape index (κ2) is 19.7. The van der Waals surface area contributed by atoms with Gasteiger partial charge in [0.15, 0.2) is 0 Å². The predicted molar refractivity (Wildman–Crippen MR) is 296 cm³/mol. The van der Waals surface area contributed by atoms with Crippen LogP contribution in [0.25, 0.3) is 83.9 Å². The van der Waals surface area contributed by atoms with Crippen molar-refractivity contribution in [1.29, 1.82) is 0 Å². The van der Waals surface area contributed by atoms with Crippen molar-refractivity contribution in [1.82, 2.24) is 14.5 Å². The number of phenols is 1. The second-order valence-corrected chi connectivity index (χ2v) is 22.5. The minimum atomic E-state index is -1.17. The number of nitrogens with zero attached hydrogens (tertiary/aromatic N) is 3. The van der Waals surface area contributed by atoms with E-state index < -0.39 is 11.8 Å². The smallest absolute Gasteiger partial charge is 0.148 e. The van der Waals surface area contributed by atoms with E-state index in [2.05, 4.69) is 206 Å². The van der Waals surface area contributed by atoms with E-state index in [-0.39, 0.29) is 43.1 Å². The number of fused-ring (bicyclic) bond motifs is 1. The molecule has 0 spiro atoms. The Hall–Kier alpha value is -6.35. The maximum Gasteiger partial charge on any atom is 0.148 e. The Morgan fingerprint density at radius 1 is 0.521 bits per heavy atom. The Bertz CT molecular complexity index is 3470. The molecule has 5 heteroatoms. The fraction of sp³-hybridized carbons (Fsp3) is 0.273. The summed E-state index contributed by atoms with van der Waals surface area (Å²) >= 11 is 0. The summed E-state index contributed by atoms with van der Waals surface area (Å²) in [6.07, 6.45) is 1.88. The minimum Gasteiger partial charge on any atom is -0.507 e. The van der Waals surface area contributed by atoms with Crippen LogP contribution in [0.1, 0.15) is 132 Å². The normalized spacial score (nSPS) is 12.9.